The van der Waals surface area contributed by atoms with Crippen molar-refractivity contribution in [2.24, 2.45) is 0 Å². The van der Waals surface area contributed by atoms with Crippen LogP contribution >= 0.6 is 0 Å². The third-order valence-electron chi connectivity index (χ3n) is 5.20. The van der Waals surface area contributed by atoms with E-state index in [0.29, 0.717) is 28.7 Å². The van der Waals surface area contributed by atoms with Crippen LogP contribution in [0.2, 0.25) is 0 Å². The summed E-state index contributed by atoms with van der Waals surface area (Å²) in [7, 11) is 1.26. The van der Waals surface area contributed by atoms with E-state index in [4.69, 9.17) is 4.74 Å². The fraction of sp³-hybridized carbons (Fsp3) is 0.174. The average Bonchev–Trinajstić information content (AvgIpc) is 3.04. The molecule has 0 amide bonds. The molecule has 0 bridgehead atoms. The lowest BCUT2D eigenvalue weighted by Crippen LogP contribution is -2.30. The van der Waals surface area contributed by atoms with E-state index in [2.05, 4.69) is 0 Å². The zero-order valence-electron chi connectivity index (χ0n) is 16.4. The second-order valence-corrected chi connectivity index (χ2v) is 6.95. The first-order chi connectivity index (χ1) is 14.0. The number of benzene rings is 2. The maximum absolute atomic E-state index is 13.6. The molecule has 0 spiro atoms. The van der Waals surface area contributed by atoms with Gasteiger partial charge in [0.2, 0.25) is 0 Å². The molecule has 2 aromatic carbocycles. The molecule has 6 heteroatoms. The molecule has 4 aromatic rings. The van der Waals surface area contributed by atoms with Gasteiger partial charge >= 0.3 is 11.7 Å². The van der Waals surface area contributed by atoms with Gasteiger partial charge in [-0.3, -0.25) is 13.8 Å². The highest BCUT2D eigenvalue weighted by Crippen LogP contribution is 2.29. The molecule has 0 aliphatic rings. The third kappa shape index (κ3) is 2.84. The van der Waals surface area contributed by atoms with Crippen molar-refractivity contribution in [3.63, 3.8) is 0 Å². The summed E-state index contributed by atoms with van der Waals surface area (Å²) in [5, 5.41) is 0.728. The molecule has 0 radical (unpaired) electrons. The van der Waals surface area contributed by atoms with Crippen LogP contribution in [0.1, 0.15) is 38.9 Å². The molecule has 0 saturated carbocycles. The molecule has 0 aliphatic heterocycles. The van der Waals surface area contributed by atoms with E-state index in [1.807, 2.05) is 54.6 Å². The van der Waals surface area contributed by atoms with Crippen molar-refractivity contribution in [3.8, 4) is 0 Å². The number of para-hydroxylation sites is 1. The van der Waals surface area contributed by atoms with E-state index in [-0.39, 0.29) is 11.5 Å². The predicted octanol–water partition coefficient (Wildman–Crippen LogP) is 3.60. The smallest absolute Gasteiger partial charge is 0.355 e. The van der Waals surface area contributed by atoms with Crippen molar-refractivity contribution in [2.75, 3.05) is 7.11 Å². The molecule has 29 heavy (non-hydrogen) atoms. The maximum Gasteiger partial charge on any atom is 0.355 e. The van der Waals surface area contributed by atoms with Crippen LogP contribution < -0.4 is 5.69 Å². The number of hydrogen-bond acceptors (Lipinski definition) is 4. The van der Waals surface area contributed by atoms with Crippen molar-refractivity contribution in [1.82, 2.24) is 8.97 Å². The molecular formula is C23H20N2O4. The molecule has 0 N–H and O–H groups in total. The summed E-state index contributed by atoms with van der Waals surface area (Å²) in [6, 6.07) is 17.0. The largest absolute Gasteiger partial charge is 0.464 e. The Hall–Kier alpha value is -3.67. The fourth-order valence-corrected chi connectivity index (χ4v) is 3.96. The molecule has 0 atom stereocenters. The highest BCUT2D eigenvalue weighted by Gasteiger charge is 2.27. The number of ether oxygens (including phenoxy) is 1. The second-order valence-electron chi connectivity index (χ2n) is 6.95. The number of methoxy groups -OCH3 is 1. The molecule has 0 fully saturated rings. The number of aromatic nitrogens is 2. The fourth-order valence-electron chi connectivity index (χ4n) is 3.96. The van der Waals surface area contributed by atoms with Gasteiger partial charge in [-0.25, -0.2) is 9.59 Å². The molecule has 4 rings (SSSR count). The summed E-state index contributed by atoms with van der Waals surface area (Å²) in [4.78, 5) is 38.6. The summed E-state index contributed by atoms with van der Waals surface area (Å²) in [5.41, 5.74) is 2.61. The van der Waals surface area contributed by atoms with Gasteiger partial charge in [0.15, 0.2) is 5.78 Å². The average molecular weight is 388 g/mol. The molecule has 2 aromatic heterocycles. The van der Waals surface area contributed by atoms with E-state index in [1.54, 1.807) is 11.5 Å². The number of fused-ring (bicyclic) bond motifs is 3. The Bertz CT molecular complexity index is 1330. The van der Waals surface area contributed by atoms with Gasteiger partial charge in [-0.15, -0.1) is 0 Å². The van der Waals surface area contributed by atoms with Crippen molar-refractivity contribution >= 4 is 28.2 Å². The van der Waals surface area contributed by atoms with E-state index < -0.39 is 11.7 Å². The number of ketones is 1. The highest BCUT2D eigenvalue weighted by molar-refractivity contribution is 6.13. The first-order valence-corrected chi connectivity index (χ1v) is 9.25. The zero-order valence-corrected chi connectivity index (χ0v) is 16.4. The number of hydrogen-bond donors (Lipinski definition) is 0. The molecule has 2 heterocycles. The summed E-state index contributed by atoms with van der Waals surface area (Å²) in [6.07, 6.45) is 0. The maximum atomic E-state index is 13.6. The number of esters is 1. The van der Waals surface area contributed by atoms with E-state index in [1.165, 1.54) is 18.4 Å². The highest BCUT2D eigenvalue weighted by atomic mass is 16.5. The van der Waals surface area contributed by atoms with Crippen molar-refractivity contribution in [2.45, 2.75) is 20.4 Å². The molecule has 0 saturated heterocycles. The van der Waals surface area contributed by atoms with Gasteiger partial charge in [-0.1, -0.05) is 48.5 Å². The number of rotatable bonds is 4. The molecular weight excluding hydrogens is 368 g/mol. The summed E-state index contributed by atoms with van der Waals surface area (Å²) >= 11 is 0. The minimum Gasteiger partial charge on any atom is -0.464 e. The number of carbonyl (C=O) groups excluding carboxylic acids is 2. The van der Waals surface area contributed by atoms with Crippen LogP contribution in [0, 0.1) is 6.92 Å². The van der Waals surface area contributed by atoms with Crippen LogP contribution in [-0.2, 0) is 11.3 Å². The Morgan fingerprint density at radius 3 is 2.31 bits per heavy atom. The van der Waals surface area contributed by atoms with Crippen LogP contribution in [0.4, 0.5) is 0 Å². The van der Waals surface area contributed by atoms with Crippen molar-refractivity contribution in [3.05, 3.63) is 87.5 Å². The first-order valence-electron chi connectivity index (χ1n) is 9.25. The predicted molar refractivity (Wildman–Crippen MR) is 111 cm³/mol. The van der Waals surface area contributed by atoms with Gasteiger partial charge in [-0.05, 0) is 31.0 Å². The lowest BCUT2D eigenvalue weighted by molar-refractivity contribution is 0.0591. The minimum absolute atomic E-state index is 0.0882. The second kappa shape index (κ2) is 7.05. The lowest BCUT2D eigenvalue weighted by atomic mass is 10.0. The monoisotopic (exact) mass is 388 g/mol. The zero-order chi connectivity index (χ0) is 20.7. The SMILES string of the molecule is COC(=O)c1c(C)c(C(C)=O)c2c3ccccc3n(Cc3ccccc3)c(=O)n12. The van der Waals surface area contributed by atoms with E-state index in [0.717, 1.165) is 10.9 Å². The molecule has 0 unspecified atom stereocenters. The van der Waals surface area contributed by atoms with Crippen molar-refractivity contribution in [1.29, 1.82) is 0 Å². The Labute approximate surface area is 167 Å². The van der Waals surface area contributed by atoms with Crippen molar-refractivity contribution < 1.29 is 14.3 Å². The van der Waals surface area contributed by atoms with Gasteiger partial charge in [0.05, 0.1) is 24.7 Å². The molecule has 6 nitrogen and oxygen atoms in total. The Morgan fingerprint density at radius 2 is 1.66 bits per heavy atom. The van der Waals surface area contributed by atoms with Crippen LogP contribution in [0.25, 0.3) is 16.4 Å². The van der Waals surface area contributed by atoms with Crippen LogP contribution in [0.15, 0.2) is 59.4 Å². The molecule has 146 valence electrons. The quantitative estimate of drug-likeness (QED) is 0.396. The Kier molecular flexibility index (Phi) is 4.54. The van der Waals surface area contributed by atoms with Crippen LogP contribution in [0.5, 0.6) is 0 Å². The summed E-state index contributed by atoms with van der Waals surface area (Å²) < 4.78 is 7.87. The van der Waals surface area contributed by atoms with Gasteiger partial charge in [0.25, 0.3) is 0 Å². The van der Waals surface area contributed by atoms with E-state index in [9.17, 15) is 14.4 Å². The molecule has 0 aliphatic carbocycles. The van der Waals surface area contributed by atoms with Gasteiger partial charge in [-0.2, -0.15) is 0 Å². The minimum atomic E-state index is -0.649. The Morgan fingerprint density at radius 1 is 1.00 bits per heavy atom. The number of carbonyl (C=O) groups is 2. The Balaban J connectivity index is 2.21. The van der Waals surface area contributed by atoms with Gasteiger partial charge in [0.1, 0.15) is 5.69 Å². The summed E-state index contributed by atoms with van der Waals surface area (Å²) in [6.45, 7) is 3.45. The normalized spacial score (nSPS) is 11.1. The van der Waals surface area contributed by atoms with Gasteiger partial charge in [0, 0.05) is 10.9 Å². The third-order valence-corrected chi connectivity index (χ3v) is 5.20. The van der Waals surface area contributed by atoms with Crippen LogP contribution in [0.3, 0.4) is 0 Å². The number of Topliss-reactive ketones (excluding diaryl/α,β-unsaturated/α-hetero) is 1. The lowest BCUT2D eigenvalue weighted by Gasteiger charge is -2.14. The first kappa shape index (κ1) is 18.7. The topological polar surface area (TPSA) is 69.8 Å². The van der Waals surface area contributed by atoms with Crippen LogP contribution in [-0.4, -0.2) is 27.8 Å². The van der Waals surface area contributed by atoms with Gasteiger partial charge < -0.3 is 4.74 Å². The standard InChI is InChI=1S/C23H20N2O4/c1-14-19(15(2)26)21-17-11-7-8-12-18(17)24(13-16-9-5-4-6-10-16)23(28)25(21)20(14)22(27)29-3/h4-12H,13H2,1-3H3. The summed E-state index contributed by atoms with van der Waals surface area (Å²) in [5.74, 6) is -0.857. The number of nitrogens with zero attached hydrogens (tertiary/aromatic N) is 2. The van der Waals surface area contributed by atoms with E-state index >= 15 is 0 Å².